The SMILES string of the molecule is NCc1ccc(CNc2ccnc(C(N)=O)c2)c(F)c1. The first-order chi connectivity index (χ1) is 9.60. The van der Waals surface area contributed by atoms with Crippen molar-refractivity contribution in [3.05, 3.63) is 59.2 Å². The molecule has 2 rings (SSSR count). The Morgan fingerprint density at radius 3 is 2.75 bits per heavy atom. The fraction of sp³-hybridized carbons (Fsp3) is 0.143. The van der Waals surface area contributed by atoms with Gasteiger partial charge in [0.15, 0.2) is 0 Å². The summed E-state index contributed by atoms with van der Waals surface area (Å²) in [5.41, 5.74) is 12.7. The van der Waals surface area contributed by atoms with E-state index in [1.165, 1.54) is 18.3 Å². The Hall–Kier alpha value is -2.47. The van der Waals surface area contributed by atoms with Crippen molar-refractivity contribution in [3.63, 3.8) is 0 Å². The minimum atomic E-state index is -0.605. The zero-order valence-corrected chi connectivity index (χ0v) is 10.8. The number of rotatable bonds is 5. The topological polar surface area (TPSA) is 94.0 Å². The third kappa shape index (κ3) is 3.30. The number of nitrogens with two attached hydrogens (primary N) is 2. The number of hydrogen-bond donors (Lipinski definition) is 3. The van der Waals surface area contributed by atoms with Crippen molar-refractivity contribution in [2.45, 2.75) is 13.1 Å². The van der Waals surface area contributed by atoms with E-state index in [0.29, 0.717) is 24.3 Å². The highest BCUT2D eigenvalue weighted by molar-refractivity contribution is 5.91. The van der Waals surface area contributed by atoms with Crippen LogP contribution in [-0.4, -0.2) is 10.9 Å². The molecule has 0 radical (unpaired) electrons. The molecule has 1 amide bonds. The number of amides is 1. The molecule has 1 aromatic carbocycles. The maximum absolute atomic E-state index is 13.8. The van der Waals surface area contributed by atoms with Gasteiger partial charge in [-0.15, -0.1) is 0 Å². The lowest BCUT2D eigenvalue weighted by Gasteiger charge is -2.09. The maximum Gasteiger partial charge on any atom is 0.267 e. The van der Waals surface area contributed by atoms with Crippen LogP contribution in [0.4, 0.5) is 10.1 Å². The molecule has 0 aliphatic carbocycles. The average molecular weight is 274 g/mol. The second kappa shape index (κ2) is 6.12. The van der Waals surface area contributed by atoms with Gasteiger partial charge in [0.25, 0.3) is 5.91 Å². The number of nitrogens with zero attached hydrogens (tertiary/aromatic N) is 1. The zero-order valence-electron chi connectivity index (χ0n) is 10.8. The van der Waals surface area contributed by atoms with Crippen molar-refractivity contribution in [1.82, 2.24) is 4.98 Å². The molecule has 1 aromatic heterocycles. The minimum absolute atomic E-state index is 0.161. The number of anilines is 1. The number of pyridine rings is 1. The second-order valence-electron chi connectivity index (χ2n) is 4.28. The standard InChI is InChI=1S/C14H15FN4O/c15-12-5-9(7-16)1-2-10(12)8-19-11-3-4-18-13(6-11)14(17)20/h1-6H,7-8,16H2,(H2,17,20)(H,18,19). The van der Waals surface area contributed by atoms with E-state index in [1.807, 2.05) is 0 Å². The smallest absolute Gasteiger partial charge is 0.267 e. The molecule has 0 aliphatic rings. The van der Waals surface area contributed by atoms with Gasteiger partial charge in [0, 0.05) is 30.5 Å². The summed E-state index contributed by atoms with van der Waals surface area (Å²) in [7, 11) is 0. The molecule has 1 heterocycles. The number of halogens is 1. The monoisotopic (exact) mass is 274 g/mol. The van der Waals surface area contributed by atoms with Gasteiger partial charge in [0.1, 0.15) is 11.5 Å². The highest BCUT2D eigenvalue weighted by atomic mass is 19.1. The molecule has 0 fully saturated rings. The van der Waals surface area contributed by atoms with Gasteiger partial charge < -0.3 is 16.8 Å². The van der Waals surface area contributed by atoms with Gasteiger partial charge in [-0.1, -0.05) is 12.1 Å². The van der Waals surface area contributed by atoms with Crippen molar-refractivity contribution in [3.8, 4) is 0 Å². The third-order valence-corrected chi connectivity index (χ3v) is 2.85. The van der Waals surface area contributed by atoms with Gasteiger partial charge in [0.05, 0.1) is 0 Å². The van der Waals surface area contributed by atoms with Crippen molar-refractivity contribution in [2.75, 3.05) is 5.32 Å². The van der Waals surface area contributed by atoms with E-state index in [9.17, 15) is 9.18 Å². The van der Waals surface area contributed by atoms with E-state index in [2.05, 4.69) is 10.3 Å². The van der Waals surface area contributed by atoms with E-state index in [1.54, 1.807) is 18.2 Å². The van der Waals surface area contributed by atoms with E-state index in [-0.39, 0.29) is 11.5 Å². The summed E-state index contributed by atoms with van der Waals surface area (Å²) < 4.78 is 13.8. The van der Waals surface area contributed by atoms with Gasteiger partial charge in [-0.2, -0.15) is 0 Å². The molecular weight excluding hydrogens is 259 g/mol. The summed E-state index contributed by atoms with van der Waals surface area (Å²) >= 11 is 0. The molecule has 104 valence electrons. The van der Waals surface area contributed by atoms with Crippen LogP contribution in [-0.2, 0) is 13.1 Å². The summed E-state index contributed by atoms with van der Waals surface area (Å²) in [6.07, 6.45) is 1.47. The van der Waals surface area contributed by atoms with Crippen LogP contribution in [0.1, 0.15) is 21.6 Å². The van der Waals surface area contributed by atoms with Crippen molar-refractivity contribution in [2.24, 2.45) is 11.5 Å². The van der Waals surface area contributed by atoms with Gasteiger partial charge in [-0.3, -0.25) is 9.78 Å². The average Bonchev–Trinajstić information content (AvgIpc) is 2.46. The number of primary amides is 1. The van der Waals surface area contributed by atoms with Crippen LogP contribution in [0.5, 0.6) is 0 Å². The number of carbonyl (C=O) groups excluding carboxylic acids is 1. The lowest BCUT2D eigenvalue weighted by atomic mass is 10.1. The predicted molar refractivity (Wildman–Crippen MR) is 74.4 cm³/mol. The van der Waals surface area contributed by atoms with Crippen LogP contribution >= 0.6 is 0 Å². The molecule has 0 saturated carbocycles. The van der Waals surface area contributed by atoms with E-state index < -0.39 is 5.91 Å². The molecule has 20 heavy (non-hydrogen) atoms. The van der Waals surface area contributed by atoms with Crippen LogP contribution in [0.15, 0.2) is 36.5 Å². The summed E-state index contributed by atoms with van der Waals surface area (Å²) in [4.78, 5) is 14.8. The fourth-order valence-electron chi connectivity index (χ4n) is 1.73. The highest BCUT2D eigenvalue weighted by Gasteiger charge is 2.05. The molecular formula is C14H15FN4O. The Morgan fingerprint density at radius 1 is 1.30 bits per heavy atom. The molecule has 0 saturated heterocycles. The lowest BCUT2D eigenvalue weighted by molar-refractivity contribution is 0.0995. The molecule has 0 atom stereocenters. The predicted octanol–water partition coefficient (Wildman–Crippen LogP) is 1.39. The lowest BCUT2D eigenvalue weighted by Crippen LogP contribution is -2.13. The Bertz CT molecular complexity index is 630. The van der Waals surface area contributed by atoms with E-state index in [4.69, 9.17) is 11.5 Å². The summed E-state index contributed by atoms with van der Waals surface area (Å²) in [5.74, 6) is -0.920. The number of carbonyl (C=O) groups is 1. The first-order valence-electron chi connectivity index (χ1n) is 6.07. The second-order valence-corrected chi connectivity index (χ2v) is 4.28. The minimum Gasteiger partial charge on any atom is -0.381 e. The third-order valence-electron chi connectivity index (χ3n) is 2.85. The molecule has 2 aromatic rings. The van der Waals surface area contributed by atoms with Crippen molar-refractivity contribution in [1.29, 1.82) is 0 Å². The Balaban J connectivity index is 2.09. The molecule has 0 unspecified atom stereocenters. The van der Waals surface area contributed by atoms with E-state index >= 15 is 0 Å². The Labute approximate surface area is 115 Å². The molecule has 0 aliphatic heterocycles. The fourth-order valence-corrected chi connectivity index (χ4v) is 1.73. The first-order valence-corrected chi connectivity index (χ1v) is 6.07. The maximum atomic E-state index is 13.8. The van der Waals surface area contributed by atoms with Crippen LogP contribution < -0.4 is 16.8 Å². The van der Waals surface area contributed by atoms with Crippen LogP contribution in [0.3, 0.4) is 0 Å². The Morgan fingerprint density at radius 2 is 2.10 bits per heavy atom. The van der Waals surface area contributed by atoms with Gasteiger partial charge in [-0.25, -0.2) is 4.39 Å². The van der Waals surface area contributed by atoms with Crippen molar-refractivity contribution >= 4 is 11.6 Å². The van der Waals surface area contributed by atoms with Crippen LogP contribution in [0, 0.1) is 5.82 Å². The number of benzene rings is 1. The number of nitrogens with one attached hydrogen (secondary N) is 1. The van der Waals surface area contributed by atoms with Gasteiger partial charge >= 0.3 is 0 Å². The van der Waals surface area contributed by atoms with E-state index in [0.717, 1.165) is 5.56 Å². The van der Waals surface area contributed by atoms with Crippen molar-refractivity contribution < 1.29 is 9.18 Å². The van der Waals surface area contributed by atoms with Gasteiger partial charge in [-0.05, 0) is 23.8 Å². The normalized spacial score (nSPS) is 10.3. The number of aromatic nitrogens is 1. The molecule has 0 bridgehead atoms. The van der Waals surface area contributed by atoms with Crippen LogP contribution in [0.2, 0.25) is 0 Å². The Kier molecular flexibility index (Phi) is 4.27. The summed E-state index contributed by atoms with van der Waals surface area (Å²) in [6, 6.07) is 8.08. The summed E-state index contributed by atoms with van der Waals surface area (Å²) in [5, 5.41) is 3.02. The zero-order chi connectivity index (χ0) is 14.5. The number of hydrogen-bond acceptors (Lipinski definition) is 4. The largest absolute Gasteiger partial charge is 0.381 e. The summed E-state index contributed by atoms with van der Waals surface area (Å²) in [6.45, 7) is 0.593. The molecule has 5 N–H and O–H groups in total. The van der Waals surface area contributed by atoms with Crippen LogP contribution in [0.25, 0.3) is 0 Å². The highest BCUT2D eigenvalue weighted by Crippen LogP contribution is 2.14. The molecule has 6 heteroatoms. The quantitative estimate of drug-likeness (QED) is 0.768. The molecule has 5 nitrogen and oxygen atoms in total. The molecule has 0 spiro atoms. The van der Waals surface area contributed by atoms with Gasteiger partial charge in [0.2, 0.25) is 0 Å². The first kappa shape index (κ1) is 14.0.